The SMILES string of the molecule is COc1cc2ccc(N(C3CCN(C(Cc4ccc(C(=N)N)cc4)C(=O)N4CCCCC4)C3=O)S(=O)[O-])cc2cc1OC. The number of amidine groups is 1. The number of nitrogens with two attached hydrogens (primary N) is 1. The fourth-order valence-electron chi connectivity index (χ4n) is 5.98. The van der Waals surface area contributed by atoms with Crippen molar-refractivity contribution in [2.45, 2.75) is 44.2 Å². The van der Waals surface area contributed by atoms with Crippen LogP contribution in [0, 0.1) is 5.41 Å². The molecule has 43 heavy (non-hydrogen) atoms. The average Bonchev–Trinajstić information content (AvgIpc) is 3.39. The standard InChI is InChI=1S/C31H37N5O6S/c1-41-27-18-22-10-11-24(17-23(22)19-28(27)42-2)36(43(39)40)25-12-15-35(31(25)38)26(30(37)34-13-4-3-5-14-34)16-20-6-8-21(9-7-20)29(32)33/h6-11,17-19,25-26H,3-5,12-16H2,1-2H3,(H3,32,33)(H,39,40)/p-1. The van der Waals surface area contributed by atoms with Crippen LogP contribution in [0.3, 0.4) is 0 Å². The summed E-state index contributed by atoms with van der Waals surface area (Å²) in [7, 11) is 3.07. The zero-order chi connectivity index (χ0) is 30.7. The molecule has 2 amide bonds. The first-order valence-electron chi connectivity index (χ1n) is 14.3. The Labute approximate surface area is 253 Å². The second-order valence-electron chi connectivity index (χ2n) is 10.8. The van der Waals surface area contributed by atoms with Gasteiger partial charge in [-0.2, -0.15) is 0 Å². The number of hydrogen-bond donors (Lipinski definition) is 2. The van der Waals surface area contributed by atoms with Crippen molar-refractivity contribution >= 4 is 45.4 Å². The first kappa shape index (κ1) is 30.3. The number of likely N-dealkylation sites (tertiary alicyclic amines) is 2. The molecule has 2 saturated heterocycles. The molecule has 3 aromatic rings. The van der Waals surface area contributed by atoms with Crippen molar-refractivity contribution in [3.63, 3.8) is 0 Å². The second kappa shape index (κ2) is 13.0. The van der Waals surface area contributed by atoms with E-state index in [9.17, 15) is 18.4 Å². The van der Waals surface area contributed by atoms with Gasteiger partial charge < -0.3 is 29.6 Å². The lowest BCUT2D eigenvalue weighted by atomic mass is 10.0. The molecule has 3 aromatic carbocycles. The molecule has 0 aliphatic carbocycles. The molecule has 0 aromatic heterocycles. The van der Waals surface area contributed by atoms with Crippen LogP contribution in [0.15, 0.2) is 54.6 Å². The predicted octanol–water partition coefficient (Wildman–Crippen LogP) is 2.97. The summed E-state index contributed by atoms with van der Waals surface area (Å²) < 4.78 is 37.2. The number of nitrogens with one attached hydrogen (secondary N) is 1. The van der Waals surface area contributed by atoms with Crippen molar-refractivity contribution in [3.8, 4) is 11.5 Å². The van der Waals surface area contributed by atoms with E-state index in [0.717, 1.165) is 39.9 Å². The van der Waals surface area contributed by atoms with E-state index in [1.54, 1.807) is 49.6 Å². The Morgan fingerprint density at radius 3 is 2.28 bits per heavy atom. The van der Waals surface area contributed by atoms with Crippen LogP contribution in [-0.4, -0.2) is 82.1 Å². The van der Waals surface area contributed by atoms with Gasteiger partial charge in [0.1, 0.15) is 17.9 Å². The van der Waals surface area contributed by atoms with Crippen molar-refractivity contribution in [3.05, 3.63) is 65.7 Å². The molecular weight excluding hydrogens is 570 g/mol. The lowest BCUT2D eigenvalue weighted by Crippen LogP contribution is -2.53. The molecule has 228 valence electrons. The normalized spacial score (nSPS) is 18.4. The molecule has 3 N–H and O–H groups in total. The van der Waals surface area contributed by atoms with E-state index in [1.807, 2.05) is 17.0 Å². The summed E-state index contributed by atoms with van der Waals surface area (Å²) in [5, 5.41) is 9.20. The molecule has 2 aliphatic heterocycles. The van der Waals surface area contributed by atoms with Crippen LogP contribution in [0.5, 0.6) is 11.5 Å². The van der Waals surface area contributed by atoms with E-state index in [4.69, 9.17) is 20.6 Å². The topological polar surface area (TPSA) is 152 Å². The summed E-state index contributed by atoms with van der Waals surface area (Å²) in [5.74, 6) is 0.453. The molecule has 11 nitrogen and oxygen atoms in total. The zero-order valence-electron chi connectivity index (χ0n) is 24.3. The highest BCUT2D eigenvalue weighted by Crippen LogP contribution is 2.35. The molecule has 0 saturated carbocycles. The van der Waals surface area contributed by atoms with Gasteiger partial charge in [0.2, 0.25) is 11.8 Å². The summed E-state index contributed by atoms with van der Waals surface area (Å²) in [4.78, 5) is 31.2. The molecule has 2 heterocycles. The molecule has 0 bridgehead atoms. The first-order valence-corrected chi connectivity index (χ1v) is 15.3. The molecule has 2 aliphatic rings. The third-order valence-corrected chi connectivity index (χ3v) is 9.05. The minimum atomic E-state index is -2.76. The monoisotopic (exact) mass is 606 g/mol. The van der Waals surface area contributed by atoms with E-state index in [0.29, 0.717) is 35.8 Å². The highest BCUT2D eigenvalue weighted by molar-refractivity contribution is 7.80. The van der Waals surface area contributed by atoms with Gasteiger partial charge in [-0.1, -0.05) is 30.3 Å². The maximum Gasteiger partial charge on any atom is 0.247 e. The number of amides is 2. The third kappa shape index (κ3) is 6.30. The Morgan fingerprint density at radius 1 is 1.02 bits per heavy atom. The number of carbonyl (C=O) groups excluding carboxylic acids is 2. The number of carbonyl (C=O) groups is 2. The van der Waals surface area contributed by atoms with Crippen molar-refractivity contribution in [1.82, 2.24) is 9.80 Å². The van der Waals surface area contributed by atoms with E-state index in [1.165, 1.54) is 12.0 Å². The van der Waals surface area contributed by atoms with Gasteiger partial charge in [-0.3, -0.25) is 23.5 Å². The number of anilines is 1. The summed E-state index contributed by atoms with van der Waals surface area (Å²) in [5.41, 5.74) is 7.33. The van der Waals surface area contributed by atoms with Crippen LogP contribution in [0.2, 0.25) is 0 Å². The molecule has 0 spiro atoms. The number of rotatable bonds is 10. The Hall–Kier alpha value is -4.16. The van der Waals surface area contributed by atoms with Crippen molar-refractivity contribution in [2.24, 2.45) is 5.73 Å². The third-order valence-electron chi connectivity index (χ3n) is 8.26. The van der Waals surface area contributed by atoms with Gasteiger partial charge in [-0.05, 0) is 66.3 Å². The summed E-state index contributed by atoms with van der Waals surface area (Å²) in [6.07, 6.45) is 3.38. The maximum atomic E-state index is 14.0. The van der Waals surface area contributed by atoms with Crippen LogP contribution in [0.1, 0.15) is 36.8 Å². The van der Waals surface area contributed by atoms with Crippen molar-refractivity contribution in [2.75, 3.05) is 38.2 Å². The zero-order valence-corrected chi connectivity index (χ0v) is 25.1. The Balaban J connectivity index is 1.45. The van der Waals surface area contributed by atoms with Gasteiger partial charge in [-0.15, -0.1) is 0 Å². The van der Waals surface area contributed by atoms with E-state index < -0.39 is 29.3 Å². The minimum absolute atomic E-state index is 0.0537. The lowest BCUT2D eigenvalue weighted by Gasteiger charge is -2.36. The van der Waals surface area contributed by atoms with Crippen LogP contribution < -0.4 is 19.5 Å². The molecule has 12 heteroatoms. The van der Waals surface area contributed by atoms with E-state index in [2.05, 4.69) is 0 Å². The first-order chi connectivity index (χ1) is 20.7. The van der Waals surface area contributed by atoms with E-state index >= 15 is 0 Å². The maximum absolute atomic E-state index is 14.0. The van der Waals surface area contributed by atoms with Crippen LogP contribution in [0.4, 0.5) is 5.69 Å². The highest BCUT2D eigenvalue weighted by atomic mass is 32.2. The fourth-order valence-corrected chi connectivity index (χ4v) is 6.67. The van der Waals surface area contributed by atoms with Gasteiger partial charge in [0, 0.05) is 48.6 Å². The quantitative estimate of drug-likeness (QED) is 0.204. The fraction of sp³-hybridized carbons (Fsp3) is 0.387. The highest BCUT2D eigenvalue weighted by Gasteiger charge is 2.43. The average molecular weight is 607 g/mol. The molecule has 3 atom stereocenters. The van der Waals surface area contributed by atoms with Crippen molar-refractivity contribution in [1.29, 1.82) is 5.41 Å². The summed E-state index contributed by atoms with van der Waals surface area (Å²) >= 11 is -2.76. The van der Waals surface area contributed by atoms with Crippen molar-refractivity contribution < 1.29 is 27.8 Å². The van der Waals surface area contributed by atoms with Gasteiger partial charge in [0.15, 0.2) is 11.5 Å². The van der Waals surface area contributed by atoms with Crippen LogP contribution in [0.25, 0.3) is 10.8 Å². The van der Waals surface area contributed by atoms with Crippen LogP contribution >= 0.6 is 0 Å². The smallest absolute Gasteiger partial charge is 0.247 e. The lowest BCUT2D eigenvalue weighted by molar-refractivity contribution is -0.144. The number of nitrogens with zero attached hydrogens (tertiary/aromatic N) is 3. The molecular formula is C31H36N5O6S-. The van der Waals surface area contributed by atoms with Gasteiger partial charge in [0.25, 0.3) is 0 Å². The second-order valence-corrected chi connectivity index (χ2v) is 11.7. The van der Waals surface area contributed by atoms with Gasteiger partial charge in [0.05, 0.1) is 14.2 Å². The summed E-state index contributed by atoms with van der Waals surface area (Å²) in [6, 6.07) is 14.0. The Bertz CT molecular complexity index is 1540. The predicted molar refractivity (Wildman–Crippen MR) is 164 cm³/mol. The largest absolute Gasteiger partial charge is 0.755 e. The Kier molecular flexibility index (Phi) is 9.16. The minimum Gasteiger partial charge on any atom is -0.755 e. The number of piperidine rings is 1. The number of benzene rings is 3. The van der Waals surface area contributed by atoms with Crippen LogP contribution in [-0.2, 0) is 27.3 Å². The molecule has 0 radical (unpaired) electrons. The van der Waals surface area contributed by atoms with Gasteiger partial charge in [-0.25, -0.2) is 0 Å². The Morgan fingerprint density at radius 2 is 1.67 bits per heavy atom. The molecule has 3 unspecified atom stereocenters. The number of methoxy groups -OCH3 is 2. The van der Waals surface area contributed by atoms with E-state index in [-0.39, 0.29) is 31.1 Å². The number of nitrogen functional groups attached to an aromatic ring is 1. The van der Waals surface area contributed by atoms with Gasteiger partial charge >= 0.3 is 0 Å². The number of hydrogen-bond acceptors (Lipinski definition) is 7. The molecule has 5 rings (SSSR count). The number of ether oxygens (including phenoxy) is 2. The molecule has 2 fully saturated rings. The number of fused-ring (bicyclic) bond motifs is 1. The summed E-state index contributed by atoms with van der Waals surface area (Å²) in [6.45, 7) is 1.50.